The van der Waals surface area contributed by atoms with Gasteiger partial charge in [-0.25, -0.2) is 4.79 Å². The van der Waals surface area contributed by atoms with Crippen molar-refractivity contribution in [2.24, 2.45) is 5.92 Å². The molecule has 0 saturated carbocycles. The van der Waals surface area contributed by atoms with Gasteiger partial charge in [-0.2, -0.15) is 0 Å². The Kier molecular flexibility index (Phi) is 4.89. The average molecular weight is 303 g/mol. The van der Waals surface area contributed by atoms with Crippen molar-refractivity contribution in [3.63, 3.8) is 0 Å². The van der Waals surface area contributed by atoms with Crippen LogP contribution >= 0.6 is 0 Å². The number of hydrogen-bond donors (Lipinski definition) is 0. The topological polar surface area (TPSA) is 46.6 Å². The van der Waals surface area contributed by atoms with Gasteiger partial charge in [-0.1, -0.05) is 25.1 Å². The van der Waals surface area contributed by atoms with Gasteiger partial charge in [0.2, 0.25) is 0 Å². The van der Waals surface area contributed by atoms with Gasteiger partial charge in [-0.3, -0.25) is 4.79 Å². The highest BCUT2D eigenvalue weighted by Gasteiger charge is 2.37. The average Bonchev–Trinajstić information content (AvgIpc) is 2.45. The molecule has 2 rings (SSSR count). The van der Waals surface area contributed by atoms with Crippen molar-refractivity contribution < 1.29 is 14.3 Å². The third-order valence-electron chi connectivity index (χ3n) is 3.78. The predicted octanol–water partition coefficient (Wildman–Crippen LogP) is 3.27. The van der Waals surface area contributed by atoms with E-state index in [0.717, 1.165) is 6.42 Å². The summed E-state index contributed by atoms with van der Waals surface area (Å²) in [4.78, 5) is 26.9. The fraction of sp³-hybridized carbons (Fsp3) is 0.556. The monoisotopic (exact) mass is 303 g/mol. The van der Waals surface area contributed by atoms with E-state index in [-0.39, 0.29) is 11.9 Å². The molecule has 0 radical (unpaired) electrons. The Morgan fingerprint density at radius 1 is 1.14 bits per heavy atom. The fourth-order valence-electron chi connectivity index (χ4n) is 2.74. The minimum absolute atomic E-state index is 0.0944. The minimum atomic E-state index is -0.540. The first-order chi connectivity index (χ1) is 10.3. The molecule has 0 bridgehead atoms. The van der Waals surface area contributed by atoms with Crippen LogP contribution in [0.1, 0.15) is 50.9 Å². The van der Waals surface area contributed by atoms with Gasteiger partial charge in [0.05, 0.1) is 0 Å². The van der Waals surface area contributed by atoms with Crippen molar-refractivity contribution >= 4 is 11.9 Å². The lowest BCUT2D eigenvalue weighted by Gasteiger charge is -2.38. The molecule has 1 fully saturated rings. The van der Waals surface area contributed by atoms with E-state index in [1.807, 2.05) is 39.0 Å². The number of hydrogen-bond acceptors (Lipinski definition) is 3. The van der Waals surface area contributed by atoms with Crippen LogP contribution in [0.25, 0.3) is 0 Å². The number of carbonyl (C=O) groups excluding carboxylic acids is 2. The first-order valence-corrected chi connectivity index (χ1v) is 7.87. The highest BCUT2D eigenvalue weighted by molar-refractivity contribution is 5.97. The number of esters is 1. The maximum Gasteiger partial charge on any atom is 0.329 e. The quantitative estimate of drug-likeness (QED) is 0.788. The standard InChI is InChI=1S/C18H25NO3/c1-13-10-11-15(17(21)22-18(2,3)4)19(12-13)16(20)14-8-6-5-7-9-14/h5-9,13,15H,10-12H2,1-4H3/t13-,15-/m1/s1. The van der Waals surface area contributed by atoms with Crippen LogP contribution in [0.2, 0.25) is 0 Å². The largest absolute Gasteiger partial charge is 0.458 e. The summed E-state index contributed by atoms with van der Waals surface area (Å²) in [5.41, 5.74) is 0.0758. The SMILES string of the molecule is C[C@@H]1CC[C@H](C(=O)OC(C)(C)C)N(C(=O)c2ccccc2)C1. The second kappa shape index (κ2) is 6.51. The zero-order valence-corrected chi connectivity index (χ0v) is 13.8. The van der Waals surface area contributed by atoms with E-state index in [9.17, 15) is 9.59 Å². The zero-order valence-electron chi connectivity index (χ0n) is 13.8. The molecule has 0 N–H and O–H groups in total. The van der Waals surface area contributed by atoms with Crippen LogP contribution in [-0.2, 0) is 9.53 Å². The summed E-state index contributed by atoms with van der Waals surface area (Å²) >= 11 is 0. The zero-order chi connectivity index (χ0) is 16.3. The molecule has 1 aromatic carbocycles. The van der Waals surface area contributed by atoms with Crippen molar-refractivity contribution in [2.45, 2.75) is 52.2 Å². The van der Waals surface area contributed by atoms with Crippen LogP contribution in [0, 0.1) is 5.92 Å². The molecule has 1 aromatic rings. The van der Waals surface area contributed by atoms with Gasteiger partial charge in [0.25, 0.3) is 5.91 Å². The fourth-order valence-corrected chi connectivity index (χ4v) is 2.74. The number of piperidine rings is 1. The first kappa shape index (κ1) is 16.5. The number of rotatable bonds is 2. The molecule has 22 heavy (non-hydrogen) atoms. The lowest BCUT2D eigenvalue weighted by Crippen LogP contribution is -2.51. The highest BCUT2D eigenvalue weighted by atomic mass is 16.6. The van der Waals surface area contributed by atoms with E-state index < -0.39 is 11.6 Å². The second-order valence-electron chi connectivity index (χ2n) is 7.06. The molecule has 1 saturated heterocycles. The second-order valence-corrected chi connectivity index (χ2v) is 7.06. The van der Waals surface area contributed by atoms with Crippen LogP contribution in [0.3, 0.4) is 0 Å². The predicted molar refractivity (Wildman–Crippen MR) is 85.5 cm³/mol. The van der Waals surface area contributed by atoms with Crippen LogP contribution < -0.4 is 0 Å². The maximum atomic E-state index is 12.7. The van der Waals surface area contributed by atoms with Crippen LogP contribution in [0.4, 0.5) is 0 Å². The molecule has 0 aromatic heterocycles. The summed E-state index contributed by atoms with van der Waals surface area (Å²) in [6.07, 6.45) is 1.59. The van der Waals surface area contributed by atoms with Gasteiger partial charge in [-0.15, -0.1) is 0 Å². The molecule has 4 nitrogen and oxygen atoms in total. The maximum absolute atomic E-state index is 12.7. The molecule has 1 amide bonds. The molecule has 1 aliphatic heterocycles. The Morgan fingerprint density at radius 3 is 2.36 bits per heavy atom. The molecule has 1 aliphatic rings. The van der Waals surface area contributed by atoms with Crippen LogP contribution in [0.15, 0.2) is 30.3 Å². The van der Waals surface area contributed by atoms with Crippen molar-refractivity contribution in [2.75, 3.05) is 6.54 Å². The van der Waals surface area contributed by atoms with E-state index in [4.69, 9.17) is 4.74 Å². The Balaban J connectivity index is 2.20. The number of amides is 1. The molecule has 120 valence electrons. The summed E-state index contributed by atoms with van der Waals surface area (Å²) in [5.74, 6) is -0.00182. The molecule has 4 heteroatoms. The summed E-state index contributed by atoms with van der Waals surface area (Å²) in [5, 5.41) is 0. The molecule has 2 atom stereocenters. The molecule has 0 spiro atoms. The number of carbonyl (C=O) groups is 2. The van der Waals surface area contributed by atoms with Gasteiger partial charge in [-0.05, 0) is 51.7 Å². The molecule has 1 heterocycles. The third-order valence-corrected chi connectivity index (χ3v) is 3.78. The van der Waals surface area contributed by atoms with Gasteiger partial charge in [0.15, 0.2) is 0 Å². The highest BCUT2D eigenvalue weighted by Crippen LogP contribution is 2.25. The van der Waals surface area contributed by atoms with E-state index >= 15 is 0 Å². The van der Waals surface area contributed by atoms with Crippen molar-refractivity contribution in [1.82, 2.24) is 4.90 Å². The van der Waals surface area contributed by atoms with Crippen molar-refractivity contribution in [1.29, 1.82) is 0 Å². The summed E-state index contributed by atoms with van der Waals surface area (Å²) < 4.78 is 5.50. The Bertz CT molecular complexity index is 533. The summed E-state index contributed by atoms with van der Waals surface area (Å²) in [7, 11) is 0. The van der Waals surface area contributed by atoms with Gasteiger partial charge < -0.3 is 9.64 Å². The number of likely N-dealkylation sites (tertiary alicyclic amines) is 1. The normalized spacial score (nSPS) is 22.3. The number of ether oxygens (including phenoxy) is 1. The first-order valence-electron chi connectivity index (χ1n) is 7.87. The van der Waals surface area contributed by atoms with Crippen LogP contribution in [0.5, 0.6) is 0 Å². The molecular formula is C18H25NO3. The van der Waals surface area contributed by atoms with E-state index in [1.54, 1.807) is 17.0 Å². The van der Waals surface area contributed by atoms with E-state index in [2.05, 4.69) is 6.92 Å². The van der Waals surface area contributed by atoms with Crippen LogP contribution in [-0.4, -0.2) is 35.0 Å². The van der Waals surface area contributed by atoms with Crippen molar-refractivity contribution in [3.8, 4) is 0 Å². The molecule has 0 unspecified atom stereocenters. The lowest BCUT2D eigenvalue weighted by atomic mass is 9.93. The van der Waals surface area contributed by atoms with Gasteiger partial charge >= 0.3 is 5.97 Å². The lowest BCUT2D eigenvalue weighted by molar-refractivity contribution is -0.162. The Labute approximate surface area is 132 Å². The Morgan fingerprint density at radius 2 is 1.77 bits per heavy atom. The minimum Gasteiger partial charge on any atom is -0.458 e. The Hall–Kier alpha value is -1.84. The number of benzene rings is 1. The van der Waals surface area contributed by atoms with Gasteiger partial charge in [0.1, 0.15) is 11.6 Å². The number of nitrogens with zero attached hydrogens (tertiary/aromatic N) is 1. The third kappa shape index (κ3) is 4.09. The van der Waals surface area contributed by atoms with E-state index in [1.165, 1.54) is 0 Å². The molecule has 0 aliphatic carbocycles. The van der Waals surface area contributed by atoms with E-state index in [0.29, 0.717) is 24.4 Å². The summed E-state index contributed by atoms with van der Waals surface area (Å²) in [6.45, 7) is 8.24. The smallest absolute Gasteiger partial charge is 0.329 e. The van der Waals surface area contributed by atoms with Crippen molar-refractivity contribution in [3.05, 3.63) is 35.9 Å². The summed E-state index contributed by atoms with van der Waals surface area (Å²) in [6, 6.07) is 8.64. The van der Waals surface area contributed by atoms with Gasteiger partial charge in [0, 0.05) is 12.1 Å². The molecular weight excluding hydrogens is 278 g/mol.